The molecule has 0 aliphatic rings. The lowest BCUT2D eigenvalue weighted by atomic mass is 10.0. The first-order valence-corrected chi connectivity index (χ1v) is 5.21. The van der Waals surface area contributed by atoms with Crippen LogP contribution in [0.2, 0.25) is 0 Å². The third-order valence-electron chi connectivity index (χ3n) is 2.55. The number of hydrogen-bond donors (Lipinski definition) is 0. The number of ether oxygens (including phenoxy) is 1. The molecule has 80 valence electrons. The van der Waals surface area contributed by atoms with E-state index < -0.39 is 0 Å². The van der Waals surface area contributed by atoms with E-state index in [0.717, 1.165) is 22.4 Å². The summed E-state index contributed by atoms with van der Waals surface area (Å²) < 4.78 is 5.39. The van der Waals surface area contributed by atoms with Crippen LogP contribution in [0.15, 0.2) is 55.1 Å². The molecule has 1 nitrogen and oxygen atoms in total. The summed E-state index contributed by atoms with van der Waals surface area (Å²) in [5.41, 5.74) is 3.33. The van der Waals surface area contributed by atoms with Crippen LogP contribution in [-0.2, 0) is 0 Å². The molecule has 16 heavy (non-hydrogen) atoms. The quantitative estimate of drug-likeness (QED) is 0.743. The van der Waals surface area contributed by atoms with Crippen molar-refractivity contribution in [3.05, 3.63) is 60.7 Å². The maximum Gasteiger partial charge on any atom is 0.127 e. The number of hydrogen-bond acceptors (Lipinski definition) is 1. The second-order valence-electron chi connectivity index (χ2n) is 3.53. The van der Waals surface area contributed by atoms with Crippen LogP contribution in [-0.4, -0.2) is 7.11 Å². The molecular weight excluding hydrogens is 196 g/mol. The van der Waals surface area contributed by atoms with E-state index in [2.05, 4.69) is 24.8 Å². The Kier molecular flexibility index (Phi) is 3.06. The Morgan fingerprint density at radius 3 is 2.44 bits per heavy atom. The lowest BCUT2D eigenvalue weighted by Crippen LogP contribution is -1.88. The molecule has 0 aliphatic heterocycles. The summed E-state index contributed by atoms with van der Waals surface area (Å²) in [6, 6.07) is 16.3. The standard InChI is InChI=1S/C15H14O/c1-3-12-9-10-14(15(11-12)16-2)13-7-5-4-6-8-13/h3-11H,1H2,2H3. The topological polar surface area (TPSA) is 9.23 Å². The van der Waals surface area contributed by atoms with E-state index in [1.807, 2.05) is 36.4 Å². The Balaban J connectivity index is 2.53. The van der Waals surface area contributed by atoms with Crippen LogP contribution in [0.1, 0.15) is 5.56 Å². The molecule has 2 aromatic rings. The molecule has 0 unspecified atom stereocenters. The minimum Gasteiger partial charge on any atom is -0.496 e. The molecule has 0 atom stereocenters. The second-order valence-corrected chi connectivity index (χ2v) is 3.53. The number of benzene rings is 2. The molecule has 0 saturated heterocycles. The van der Waals surface area contributed by atoms with Crippen molar-refractivity contribution in [2.75, 3.05) is 7.11 Å². The van der Waals surface area contributed by atoms with E-state index >= 15 is 0 Å². The van der Waals surface area contributed by atoms with Crippen LogP contribution >= 0.6 is 0 Å². The van der Waals surface area contributed by atoms with Crippen LogP contribution in [0.25, 0.3) is 17.2 Å². The van der Waals surface area contributed by atoms with Crippen LogP contribution < -0.4 is 4.74 Å². The van der Waals surface area contributed by atoms with Crippen molar-refractivity contribution in [2.24, 2.45) is 0 Å². The SMILES string of the molecule is C=Cc1ccc(-c2ccccc2)c(OC)c1. The van der Waals surface area contributed by atoms with Gasteiger partial charge < -0.3 is 4.74 Å². The largest absolute Gasteiger partial charge is 0.496 e. The molecule has 0 fully saturated rings. The van der Waals surface area contributed by atoms with Gasteiger partial charge in [-0.05, 0) is 17.2 Å². The average Bonchev–Trinajstić information content (AvgIpc) is 2.39. The van der Waals surface area contributed by atoms with Crippen molar-refractivity contribution in [3.8, 4) is 16.9 Å². The van der Waals surface area contributed by atoms with Crippen molar-refractivity contribution in [1.29, 1.82) is 0 Å². The zero-order valence-corrected chi connectivity index (χ0v) is 9.31. The minimum atomic E-state index is 0.878. The summed E-state index contributed by atoms with van der Waals surface area (Å²) in [7, 11) is 1.69. The number of methoxy groups -OCH3 is 1. The van der Waals surface area contributed by atoms with Crippen LogP contribution in [0.4, 0.5) is 0 Å². The molecule has 2 rings (SSSR count). The van der Waals surface area contributed by atoms with E-state index in [4.69, 9.17) is 4.74 Å². The molecule has 0 aliphatic carbocycles. The van der Waals surface area contributed by atoms with Gasteiger partial charge >= 0.3 is 0 Å². The van der Waals surface area contributed by atoms with Gasteiger partial charge in [-0.25, -0.2) is 0 Å². The molecule has 0 radical (unpaired) electrons. The van der Waals surface area contributed by atoms with Crippen molar-refractivity contribution >= 4 is 6.08 Å². The first kappa shape index (κ1) is 10.5. The van der Waals surface area contributed by atoms with Crippen LogP contribution in [0.3, 0.4) is 0 Å². The van der Waals surface area contributed by atoms with E-state index in [1.54, 1.807) is 7.11 Å². The number of rotatable bonds is 3. The highest BCUT2D eigenvalue weighted by molar-refractivity contribution is 5.72. The monoisotopic (exact) mass is 210 g/mol. The van der Waals surface area contributed by atoms with E-state index in [1.165, 1.54) is 0 Å². The van der Waals surface area contributed by atoms with E-state index in [9.17, 15) is 0 Å². The highest BCUT2D eigenvalue weighted by Gasteiger charge is 2.04. The molecular formula is C15H14O. The second kappa shape index (κ2) is 4.67. The summed E-state index contributed by atoms with van der Waals surface area (Å²) in [6.45, 7) is 3.75. The van der Waals surface area contributed by atoms with Gasteiger partial charge in [0.05, 0.1) is 7.11 Å². The summed E-state index contributed by atoms with van der Waals surface area (Å²) >= 11 is 0. The molecule has 0 saturated carbocycles. The molecule has 0 amide bonds. The van der Waals surface area contributed by atoms with Crippen LogP contribution in [0, 0.1) is 0 Å². The van der Waals surface area contributed by atoms with Gasteiger partial charge in [-0.3, -0.25) is 0 Å². The van der Waals surface area contributed by atoms with Crippen molar-refractivity contribution in [2.45, 2.75) is 0 Å². The average molecular weight is 210 g/mol. The Morgan fingerprint density at radius 2 is 1.81 bits per heavy atom. The Bertz CT molecular complexity index is 486. The van der Waals surface area contributed by atoms with Gasteiger partial charge in [-0.1, -0.05) is 55.1 Å². The molecule has 2 aromatic carbocycles. The Hall–Kier alpha value is -2.02. The predicted molar refractivity (Wildman–Crippen MR) is 68.5 cm³/mol. The van der Waals surface area contributed by atoms with Crippen molar-refractivity contribution in [3.63, 3.8) is 0 Å². The zero-order chi connectivity index (χ0) is 11.4. The summed E-state index contributed by atoms with van der Waals surface area (Å²) in [6.07, 6.45) is 1.82. The van der Waals surface area contributed by atoms with Gasteiger partial charge in [-0.2, -0.15) is 0 Å². The highest BCUT2D eigenvalue weighted by atomic mass is 16.5. The molecule has 1 heteroatoms. The molecule has 0 heterocycles. The fourth-order valence-corrected chi connectivity index (χ4v) is 1.69. The van der Waals surface area contributed by atoms with Crippen LogP contribution in [0.5, 0.6) is 5.75 Å². The molecule has 0 aromatic heterocycles. The van der Waals surface area contributed by atoms with Gasteiger partial charge in [-0.15, -0.1) is 0 Å². The predicted octanol–water partition coefficient (Wildman–Crippen LogP) is 4.01. The summed E-state index contributed by atoms with van der Waals surface area (Å²) in [4.78, 5) is 0. The smallest absolute Gasteiger partial charge is 0.127 e. The van der Waals surface area contributed by atoms with Crippen molar-refractivity contribution < 1.29 is 4.74 Å². The zero-order valence-electron chi connectivity index (χ0n) is 9.31. The van der Waals surface area contributed by atoms with Gasteiger partial charge in [0.25, 0.3) is 0 Å². The fourth-order valence-electron chi connectivity index (χ4n) is 1.69. The maximum atomic E-state index is 5.39. The lowest BCUT2D eigenvalue weighted by Gasteiger charge is -2.09. The highest BCUT2D eigenvalue weighted by Crippen LogP contribution is 2.30. The Morgan fingerprint density at radius 1 is 1.06 bits per heavy atom. The molecule has 0 spiro atoms. The maximum absolute atomic E-state index is 5.39. The van der Waals surface area contributed by atoms with Gasteiger partial charge in [0, 0.05) is 5.56 Å². The third-order valence-corrected chi connectivity index (χ3v) is 2.55. The minimum absolute atomic E-state index is 0.878. The third kappa shape index (κ3) is 1.98. The summed E-state index contributed by atoms with van der Waals surface area (Å²) in [5, 5.41) is 0. The first-order valence-electron chi connectivity index (χ1n) is 5.21. The van der Waals surface area contributed by atoms with E-state index in [-0.39, 0.29) is 0 Å². The normalized spacial score (nSPS) is 9.81. The fraction of sp³-hybridized carbons (Fsp3) is 0.0667. The van der Waals surface area contributed by atoms with Gasteiger partial charge in [0.1, 0.15) is 5.75 Å². The first-order chi connectivity index (χ1) is 7.85. The molecule has 0 N–H and O–H groups in total. The van der Waals surface area contributed by atoms with Gasteiger partial charge in [0.2, 0.25) is 0 Å². The van der Waals surface area contributed by atoms with E-state index in [0.29, 0.717) is 0 Å². The lowest BCUT2D eigenvalue weighted by molar-refractivity contribution is 0.416. The molecule has 0 bridgehead atoms. The van der Waals surface area contributed by atoms with Gasteiger partial charge in [0.15, 0.2) is 0 Å². The van der Waals surface area contributed by atoms with Crippen molar-refractivity contribution in [1.82, 2.24) is 0 Å². The summed E-state index contributed by atoms with van der Waals surface area (Å²) in [5.74, 6) is 0.878. The Labute approximate surface area is 96.0 Å².